The summed E-state index contributed by atoms with van der Waals surface area (Å²) in [6.07, 6.45) is 7.68. The smallest absolute Gasteiger partial charge is 0.282 e. The molecule has 1 spiro atoms. The van der Waals surface area contributed by atoms with Gasteiger partial charge in [0.05, 0.1) is 0 Å². The lowest BCUT2D eigenvalue weighted by Crippen LogP contribution is -2.30. The van der Waals surface area contributed by atoms with Gasteiger partial charge in [-0.25, -0.2) is 4.99 Å². The average molecular weight is 534 g/mol. The fourth-order valence-electron chi connectivity index (χ4n) is 4.56. The Morgan fingerprint density at radius 2 is 1.57 bits per heavy atom. The van der Waals surface area contributed by atoms with Gasteiger partial charge in [0.1, 0.15) is 17.9 Å². The zero-order chi connectivity index (χ0) is 21.1. The standard InChI is InChI=1S/C13H15BrN2O.C11H11BrO/c14-11-4-3-9-2-1-5-13(7-10(9)6-11)8-17-12(15)16-13;12-10-5-4-8-2-1-3-11(13)7-9(8)6-10/h3-4,6H,1-2,5,7-8H2,(H2,15,16);4-6H,1-3,7H2. The van der Waals surface area contributed by atoms with Gasteiger partial charge in [0.2, 0.25) is 0 Å². The summed E-state index contributed by atoms with van der Waals surface area (Å²) in [5.41, 5.74) is 10.9. The molecule has 0 bridgehead atoms. The van der Waals surface area contributed by atoms with Crippen molar-refractivity contribution in [1.29, 1.82) is 0 Å². The number of hydrogen-bond acceptors (Lipinski definition) is 4. The summed E-state index contributed by atoms with van der Waals surface area (Å²) in [7, 11) is 0. The molecule has 0 fully saturated rings. The third-order valence-electron chi connectivity index (χ3n) is 6.07. The molecule has 3 aliphatic rings. The summed E-state index contributed by atoms with van der Waals surface area (Å²) in [5, 5.41) is 0. The maximum atomic E-state index is 11.3. The maximum Gasteiger partial charge on any atom is 0.282 e. The van der Waals surface area contributed by atoms with Crippen LogP contribution in [-0.2, 0) is 35.2 Å². The van der Waals surface area contributed by atoms with E-state index in [-0.39, 0.29) is 5.54 Å². The van der Waals surface area contributed by atoms with Gasteiger partial charge in [0, 0.05) is 28.2 Å². The van der Waals surface area contributed by atoms with Gasteiger partial charge in [-0.05, 0) is 78.6 Å². The van der Waals surface area contributed by atoms with Gasteiger partial charge in [0.25, 0.3) is 6.02 Å². The second-order valence-electron chi connectivity index (χ2n) is 8.39. The highest BCUT2D eigenvalue weighted by Gasteiger charge is 2.37. The highest BCUT2D eigenvalue weighted by molar-refractivity contribution is 9.10. The SMILES string of the molecule is NC1=NC2(CCCc3ccc(Br)cc3C2)CO1.O=C1CCCc2ccc(Br)cc2C1. The number of nitrogens with zero attached hydrogens (tertiary/aromatic N) is 1. The summed E-state index contributed by atoms with van der Waals surface area (Å²) in [4.78, 5) is 15.9. The van der Waals surface area contributed by atoms with Crippen LogP contribution in [0.3, 0.4) is 0 Å². The van der Waals surface area contributed by atoms with Crippen LogP contribution in [0.2, 0.25) is 0 Å². The minimum Gasteiger partial charge on any atom is -0.463 e. The number of rotatable bonds is 0. The van der Waals surface area contributed by atoms with Crippen LogP contribution in [0, 0.1) is 0 Å². The molecule has 4 nitrogen and oxygen atoms in total. The lowest BCUT2D eigenvalue weighted by atomic mass is 9.90. The van der Waals surface area contributed by atoms with E-state index >= 15 is 0 Å². The Balaban J connectivity index is 0.000000151. The summed E-state index contributed by atoms with van der Waals surface area (Å²) < 4.78 is 7.56. The maximum absolute atomic E-state index is 11.3. The molecule has 2 aliphatic carbocycles. The van der Waals surface area contributed by atoms with Gasteiger partial charge < -0.3 is 10.5 Å². The third-order valence-corrected chi connectivity index (χ3v) is 7.06. The third kappa shape index (κ3) is 5.14. The van der Waals surface area contributed by atoms with E-state index < -0.39 is 0 Å². The summed E-state index contributed by atoms with van der Waals surface area (Å²) >= 11 is 6.96. The molecule has 5 rings (SSSR count). The molecule has 2 aromatic rings. The normalized spacial score (nSPS) is 22.6. The first-order valence-corrected chi connectivity index (χ1v) is 12.1. The molecular weight excluding hydrogens is 508 g/mol. The minimum absolute atomic E-state index is 0.115. The second kappa shape index (κ2) is 9.23. The van der Waals surface area contributed by atoms with E-state index in [1.807, 2.05) is 0 Å². The van der Waals surface area contributed by atoms with Crippen molar-refractivity contribution in [2.75, 3.05) is 6.61 Å². The number of benzene rings is 2. The van der Waals surface area contributed by atoms with Crippen molar-refractivity contribution in [1.82, 2.24) is 0 Å². The fourth-order valence-corrected chi connectivity index (χ4v) is 5.38. The lowest BCUT2D eigenvalue weighted by Gasteiger charge is -2.21. The number of carbonyl (C=O) groups is 1. The molecule has 0 saturated heterocycles. The Hall–Kier alpha value is -1.66. The summed E-state index contributed by atoms with van der Waals surface area (Å²) in [6.45, 7) is 0.630. The first kappa shape index (κ1) is 21.6. The Morgan fingerprint density at radius 3 is 2.27 bits per heavy atom. The number of halogens is 2. The van der Waals surface area contributed by atoms with Crippen LogP contribution in [0.5, 0.6) is 0 Å². The quantitative estimate of drug-likeness (QED) is 0.467. The van der Waals surface area contributed by atoms with Crippen molar-refractivity contribution in [2.45, 2.75) is 56.9 Å². The number of nitrogens with two attached hydrogens (primary N) is 1. The number of ketones is 1. The average Bonchev–Trinajstić information content (AvgIpc) is 2.85. The van der Waals surface area contributed by atoms with Crippen LogP contribution in [0.4, 0.5) is 0 Å². The van der Waals surface area contributed by atoms with Crippen LogP contribution in [-0.4, -0.2) is 24.0 Å². The van der Waals surface area contributed by atoms with Crippen molar-refractivity contribution in [3.63, 3.8) is 0 Å². The van der Waals surface area contributed by atoms with Crippen molar-refractivity contribution < 1.29 is 9.53 Å². The number of aliphatic imine (C=N–C) groups is 1. The Kier molecular flexibility index (Phi) is 6.63. The predicted octanol–water partition coefficient (Wildman–Crippen LogP) is 5.31. The molecule has 1 heterocycles. The number of amidine groups is 1. The largest absolute Gasteiger partial charge is 0.463 e. The van der Waals surface area contributed by atoms with Crippen molar-refractivity contribution in [3.05, 3.63) is 67.6 Å². The topological polar surface area (TPSA) is 64.7 Å². The van der Waals surface area contributed by atoms with Crippen LogP contribution in [0.25, 0.3) is 0 Å². The highest BCUT2D eigenvalue weighted by Crippen LogP contribution is 2.34. The molecule has 0 saturated carbocycles. The molecule has 30 heavy (non-hydrogen) atoms. The Labute approximate surface area is 194 Å². The number of carbonyl (C=O) groups excluding carboxylic acids is 1. The lowest BCUT2D eigenvalue weighted by molar-refractivity contribution is -0.118. The van der Waals surface area contributed by atoms with E-state index in [2.05, 4.69) is 73.3 Å². The molecule has 158 valence electrons. The van der Waals surface area contributed by atoms with Crippen molar-refractivity contribution >= 4 is 43.7 Å². The first-order chi connectivity index (χ1) is 14.4. The molecule has 2 N–H and O–H groups in total. The van der Waals surface area contributed by atoms with Crippen LogP contribution >= 0.6 is 31.9 Å². The summed E-state index contributed by atoms with van der Waals surface area (Å²) in [6, 6.07) is 13.1. The molecule has 0 radical (unpaired) electrons. The van der Waals surface area contributed by atoms with Crippen LogP contribution < -0.4 is 5.73 Å². The number of ether oxygens (including phenoxy) is 1. The van der Waals surface area contributed by atoms with E-state index in [1.165, 1.54) is 22.3 Å². The number of fused-ring (bicyclic) bond motifs is 2. The van der Waals surface area contributed by atoms with Gasteiger partial charge in [-0.3, -0.25) is 4.79 Å². The van der Waals surface area contributed by atoms with Gasteiger partial charge >= 0.3 is 0 Å². The van der Waals surface area contributed by atoms with Crippen molar-refractivity contribution in [3.8, 4) is 0 Å². The van der Waals surface area contributed by atoms with Crippen LogP contribution in [0.1, 0.15) is 47.9 Å². The number of Topliss-reactive ketones (excluding diaryl/α,β-unsaturated/α-hetero) is 1. The molecule has 0 amide bonds. The Morgan fingerprint density at radius 1 is 0.900 bits per heavy atom. The molecule has 1 aliphatic heterocycles. The summed E-state index contributed by atoms with van der Waals surface area (Å²) in [5.74, 6) is 0.372. The highest BCUT2D eigenvalue weighted by atomic mass is 79.9. The Bertz CT molecular complexity index is 989. The number of hydrogen-bond donors (Lipinski definition) is 1. The number of aryl methyl sites for hydroxylation is 2. The molecule has 2 aromatic carbocycles. The van der Waals surface area contributed by atoms with Gasteiger partial charge in [0.15, 0.2) is 0 Å². The van der Waals surface area contributed by atoms with E-state index in [4.69, 9.17) is 10.5 Å². The predicted molar refractivity (Wildman–Crippen MR) is 127 cm³/mol. The van der Waals surface area contributed by atoms with E-state index in [1.54, 1.807) is 0 Å². The van der Waals surface area contributed by atoms with Crippen molar-refractivity contribution in [2.24, 2.45) is 10.7 Å². The molecule has 0 aromatic heterocycles. The monoisotopic (exact) mass is 532 g/mol. The van der Waals surface area contributed by atoms with Gasteiger partial charge in [-0.2, -0.15) is 0 Å². The van der Waals surface area contributed by atoms with Crippen LogP contribution in [0.15, 0.2) is 50.3 Å². The van der Waals surface area contributed by atoms with E-state index in [9.17, 15) is 4.79 Å². The van der Waals surface area contributed by atoms with E-state index in [0.29, 0.717) is 24.8 Å². The molecular formula is C24H26Br2N2O2. The second-order valence-corrected chi connectivity index (χ2v) is 10.2. The minimum atomic E-state index is -0.115. The zero-order valence-corrected chi connectivity index (χ0v) is 20.1. The van der Waals surface area contributed by atoms with Gasteiger partial charge in [-0.15, -0.1) is 0 Å². The zero-order valence-electron chi connectivity index (χ0n) is 16.9. The molecule has 1 atom stereocenters. The molecule has 6 heteroatoms. The first-order valence-electron chi connectivity index (χ1n) is 10.5. The fraction of sp³-hybridized carbons (Fsp3) is 0.417. The molecule has 1 unspecified atom stereocenters. The van der Waals surface area contributed by atoms with Gasteiger partial charge in [-0.1, -0.05) is 44.0 Å². The van der Waals surface area contributed by atoms with E-state index in [0.717, 1.165) is 53.9 Å².